The molecule has 0 spiro atoms. The van der Waals surface area contributed by atoms with Gasteiger partial charge in [0.15, 0.2) is 0 Å². The highest BCUT2D eigenvalue weighted by Gasteiger charge is 2.27. The van der Waals surface area contributed by atoms with Crippen molar-refractivity contribution in [1.82, 2.24) is 4.90 Å². The van der Waals surface area contributed by atoms with Crippen LogP contribution in [0.4, 0.5) is 4.79 Å². The number of methoxy groups -OCH3 is 1. The quantitative estimate of drug-likeness (QED) is 0.386. The van der Waals surface area contributed by atoms with E-state index < -0.39 is 5.60 Å². The summed E-state index contributed by atoms with van der Waals surface area (Å²) in [6.45, 7) is 11.7. The number of oxime groups is 1. The van der Waals surface area contributed by atoms with Gasteiger partial charge in [0.25, 0.3) is 0 Å². The molecule has 0 unspecified atom stereocenters. The van der Waals surface area contributed by atoms with E-state index in [-0.39, 0.29) is 12.2 Å². The summed E-state index contributed by atoms with van der Waals surface area (Å²) in [5.74, 6) is 0.855. The predicted octanol–water partition coefficient (Wildman–Crippen LogP) is 4.16. The third-order valence-electron chi connectivity index (χ3n) is 4.64. The van der Waals surface area contributed by atoms with Crippen molar-refractivity contribution in [3.05, 3.63) is 29.3 Å². The molecule has 1 fully saturated rings. The summed E-state index contributed by atoms with van der Waals surface area (Å²) in [4.78, 5) is 19.2. The number of amides is 1. The van der Waals surface area contributed by atoms with Gasteiger partial charge in [-0.15, -0.1) is 0 Å². The summed E-state index contributed by atoms with van der Waals surface area (Å²) < 4.78 is 16.5. The van der Waals surface area contributed by atoms with Crippen LogP contribution in [-0.4, -0.2) is 61.8 Å². The van der Waals surface area contributed by atoms with Gasteiger partial charge in [0.2, 0.25) is 0 Å². The molecule has 0 saturated carbocycles. The molecule has 1 aromatic rings. The van der Waals surface area contributed by atoms with E-state index in [1.165, 1.54) is 0 Å². The van der Waals surface area contributed by atoms with Gasteiger partial charge < -0.3 is 23.9 Å². The van der Waals surface area contributed by atoms with E-state index in [0.29, 0.717) is 26.3 Å². The van der Waals surface area contributed by atoms with Gasteiger partial charge in [0.05, 0.1) is 25.5 Å². The topological polar surface area (TPSA) is 69.6 Å². The van der Waals surface area contributed by atoms with Crippen LogP contribution >= 0.6 is 0 Å². The van der Waals surface area contributed by atoms with E-state index in [0.717, 1.165) is 35.4 Å². The van der Waals surface area contributed by atoms with Gasteiger partial charge in [0, 0.05) is 13.1 Å². The van der Waals surface area contributed by atoms with Crippen LogP contribution in [-0.2, 0) is 14.3 Å². The van der Waals surface area contributed by atoms with E-state index in [2.05, 4.69) is 5.16 Å². The Balaban J connectivity index is 1.66. The Morgan fingerprint density at radius 1 is 1.21 bits per heavy atom. The molecule has 162 valence electrons. The van der Waals surface area contributed by atoms with Crippen LogP contribution < -0.4 is 4.74 Å². The van der Waals surface area contributed by atoms with Crippen molar-refractivity contribution in [1.29, 1.82) is 0 Å². The number of likely N-dealkylation sites (tertiary alicyclic amines) is 1. The molecular formula is C22H34N2O5. The second-order valence-electron chi connectivity index (χ2n) is 8.23. The van der Waals surface area contributed by atoms with Gasteiger partial charge in [0.1, 0.15) is 18.0 Å². The van der Waals surface area contributed by atoms with Crippen LogP contribution in [0.5, 0.6) is 5.75 Å². The maximum atomic E-state index is 12.1. The van der Waals surface area contributed by atoms with Crippen LogP contribution in [0.25, 0.3) is 0 Å². The van der Waals surface area contributed by atoms with Gasteiger partial charge in [-0.05, 0) is 76.8 Å². The molecule has 1 aromatic carbocycles. The molecular weight excluding hydrogens is 372 g/mol. The Labute approximate surface area is 173 Å². The average Bonchev–Trinajstić information content (AvgIpc) is 2.66. The summed E-state index contributed by atoms with van der Waals surface area (Å²) >= 11 is 0. The highest BCUT2D eigenvalue weighted by Crippen LogP contribution is 2.19. The minimum atomic E-state index is -0.467. The van der Waals surface area contributed by atoms with Crippen molar-refractivity contribution >= 4 is 11.8 Å². The second kappa shape index (κ2) is 10.5. The molecule has 0 aromatic heterocycles. The minimum Gasteiger partial charge on any atom is -0.496 e. The fourth-order valence-corrected chi connectivity index (χ4v) is 3.08. The number of rotatable bonds is 7. The molecule has 0 bridgehead atoms. The standard InChI is InChI=1S/C22H34N2O5/c1-16-15-18(7-8-20(16)26-6)17(2)23-28-14-13-27-19-9-11-24(12-10-19)21(25)29-22(3,4)5/h7-8,15,19H,9-14H2,1-6H3/b23-17-. The SMILES string of the molecule is COc1ccc(/C(C)=N\OCCOC2CCN(C(=O)OC(C)(C)C)CC2)cc1C. The molecule has 0 radical (unpaired) electrons. The molecule has 1 saturated heterocycles. The van der Waals surface area contributed by atoms with Crippen molar-refractivity contribution in [2.75, 3.05) is 33.4 Å². The van der Waals surface area contributed by atoms with Crippen LogP contribution in [0.2, 0.25) is 0 Å². The molecule has 29 heavy (non-hydrogen) atoms. The number of carbonyl (C=O) groups is 1. The lowest BCUT2D eigenvalue weighted by molar-refractivity contribution is -0.0287. The van der Waals surface area contributed by atoms with E-state index in [1.807, 2.05) is 52.8 Å². The van der Waals surface area contributed by atoms with Gasteiger partial charge >= 0.3 is 6.09 Å². The summed E-state index contributed by atoms with van der Waals surface area (Å²) in [7, 11) is 1.66. The third kappa shape index (κ3) is 7.57. The first-order chi connectivity index (χ1) is 13.7. The van der Waals surface area contributed by atoms with Gasteiger partial charge in [-0.25, -0.2) is 4.79 Å². The van der Waals surface area contributed by atoms with Gasteiger partial charge in [-0.1, -0.05) is 5.16 Å². The van der Waals surface area contributed by atoms with Crippen molar-refractivity contribution in [2.24, 2.45) is 5.16 Å². The average molecular weight is 407 g/mol. The molecule has 1 aliphatic rings. The second-order valence-corrected chi connectivity index (χ2v) is 8.23. The lowest BCUT2D eigenvalue weighted by Gasteiger charge is -2.33. The van der Waals surface area contributed by atoms with Crippen LogP contribution in [0, 0.1) is 6.92 Å². The number of hydrogen-bond acceptors (Lipinski definition) is 6. The largest absolute Gasteiger partial charge is 0.496 e. The first-order valence-corrected chi connectivity index (χ1v) is 10.1. The summed E-state index contributed by atoms with van der Waals surface area (Å²) in [6, 6.07) is 5.91. The molecule has 2 rings (SSSR count). The van der Waals surface area contributed by atoms with Crippen molar-refractivity contribution in [2.45, 2.75) is 59.2 Å². The summed E-state index contributed by atoms with van der Waals surface area (Å²) in [6.07, 6.45) is 1.48. The molecule has 1 aliphatic heterocycles. The minimum absolute atomic E-state index is 0.131. The Kier molecular flexibility index (Phi) is 8.32. The Morgan fingerprint density at radius 3 is 2.48 bits per heavy atom. The highest BCUT2D eigenvalue weighted by molar-refractivity contribution is 5.98. The lowest BCUT2D eigenvalue weighted by atomic mass is 10.1. The molecule has 1 amide bonds. The third-order valence-corrected chi connectivity index (χ3v) is 4.64. The molecule has 0 atom stereocenters. The maximum Gasteiger partial charge on any atom is 0.410 e. The number of ether oxygens (including phenoxy) is 3. The number of nitrogens with zero attached hydrogens (tertiary/aromatic N) is 2. The molecule has 1 heterocycles. The van der Waals surface area contributed by atoms with E-state index >= 15 is 0 Å². The molecule has 7 heteroatoms. The van der Waals surface area contributed by atoms with Crippen LogP contribution in [0.3, 0.4) is 0 Å². The number of hydrogen-bond donors (Lipinski definition) is 0. The van der Waals surface area contributed by atoms with Crippen molar-refractivity contribution in [3.8, 4) is 5.75 Å². The van der Waals surface area contributed by atoms with Crippen molar-refractivity contribution < 1.29 is 23.8 Å². The number of benzene rings is 1. The maximum absolute atomic E-state index is 12.1. The normalized spacial score (nSPS) is 15.9. The Morgan fingerprint density at radius 2 is 1.90 bits per heavy atom. The molecule has 7 nitrogen and oxygen atoms in total. The van der Waals surface area contributed by atoms with Crippen LogP contribution in [0.15, 0.2) is 23.4 Å². The zero-order chi connectivity index (χ0) is 21.4. The first kappa shape index (κ1) is 23.0. The summed E-state index contributed by atoms with van der Waals surface area (Å²) in [5.41, 5.74) is 2.39. The highest BCUT2D eigenvalue weighted by atomic mass is 16.6. The molecule has 0 N–H and O–H groups in total. The zero-order valence-electron chi connectivity index (χ0n) is 18.5. The first-order valence-electron chi connectivity index (χ1n) is 10.1. The number of carbonyl (C=O) groups excluding carboxylic acids is 1. The monoisotopic (exact) mass is 406 g/mol. The van der Waals surface area contributed by atoms with Crippen molar-refractivity contribution in [3.63, 3.8) is 0 Å². The Hall–Kier alpha value is -2.28. The lowest BCUT2D eigenvalue weighted by Crippen LogP contribution is -2.43. The van der Waals surface area contributed by atoms with Gasteiger partial charge in [-0.3, -0.25) is 0 Å². The van der Waals surface area contributed by atoms with E-state index in [9.17, 15) is 4.79 Å². The predicted molar refractivity (Wildman–Crippen MR) is 113 cm³/mol. The van der Waals surface area contributed by atoms with E-state index in [4.69, 9.17) is 19.0 Å². The molecule has 0 aliphatic carbocycles. The smallest absolute Gasteiger partial charge is 0.410 e. The number of aryl methyl sites for hydroxylation is 1. The Bertz CT molecular complexity index is 704. The van der Waals surface area contributed by atoms with Crippen LogP contribution in [0.1, 0.15) is 51.7 Å². The van der Waals surface area contributed by atoms with Gasteiger partial charge in [-0.2, -0.15) is 0 Å². The zero-order valence-corrected chi connectivity index (χ0v) is 18.5. The van der Waals surface area contributed by atoms with E-state index in [1.54, 1.807) is 12.0 Å². The fourth-order valence-electron chi connectivity index (χ4n) is 3.08. The number of piperidine rings is 1. The fraction of sp³-hybridized carbons (Fsp3) is 0.636. The summed E-state index contributed by atoms with van der Waals surface area (Å²) in [5, 5.41) is 4.17.